The van der Waals surface area contributed by atoms with Crippen LogP contribution in [0.4, 0.5) is 5.69 Å². The molecule has 18 heavy (non-hydrogen) atoms. The molecule has 0 unspecified atom stereocenters. The van der Waals surface area contributed by atoms with Crippen LogP contribution >= 0.6 is 51.1 Å². The van der Waals surface area contributed by atoms with Gasteiger partial charge in [0, 0.05) is 10.2 Å². The first-order valence-electron chi connectivity index (χ1n) is 5.20. The van der Waals surface area contributed by atoms with Crippen molar-refractivity contribution >= 4 is 67.0 Å². The minimum atomic E-state index is -0.0700. The third kappa shape index (κ3) is 4.19. The van der Waals surface area contributed by atoms with Crippen LogP contribution in [0.5, 0.6) is 0 Å². The Morgan fingerprint density at radius 2 is 2.44 bits per heavy atom. The molecule has 0 radical (unpaired) electrons. The van der Waals surface area contributed by atoms with Crippen molar-refractivity contribution < 1.29 is 4.79 Å². The molecule has 0 aromatic heterocycles. The molecule has 0 bridgehead atoms. The molecule has 0 aliphatic carbocycles. The number of nitrogens with one attached hydrogen (secondary N) is 1. The molecule has 1 aliphatic heterocycles. The Labute approximate surface area is 127 Å². The number of carbonyl (C=O) groups excluding carboxylic acids is 1. The van der Waals surface area contributed by atoms with Gasteiger partial charge in [-0.05, 0) is 18.2 Å². The van der Waals surface area contributed by atoms with E-state index in [9.17, 15) is 4.79 Å². The van der Waals surface area contributed by atoms with E-state index in [0.717, 1.165) is 21.1 Å². The SMILES string of the molecule is O=C(CSC1=NCCS1)Nc1ccc(Br)cc1Cl. The number of nitrogens with zero attached hydrogens (tertiary/aromatic N) is 1. The molecule has 0 spiro atoms. The lowest BCUT2D eigenvalue weighted by Crippen LogP contribution is -2.15. The summed E-state index contributed by atoms with van der Waals surface area (Å²) in [5.74, 6) is 1.31. The highest BCUT2D eigenvalue weighted by molar-refractivity contribution is 9.10. The van der Waals surface area contributed by atoms with Gasteiger partial charge in [-0.15, -0.1) is 0 Å². The monoisotopic (exact) mass is 364 g/mol. The first-order valence-corrected chi connectivity index (χ1v) is 8.34. The molecule has 0 saturated carbocycles. The summed E-state index contributed by atoms with van der Waals surface area (Å²) in [6, 6.07) is 5.36. The van der Waals surface area contributed by atoms with Gasteiger partial charge in [0.2, 0.25) is 5.91 Å². The second-order valence-corrected chi connectivity index (χ2v) is 7.09. The highest BCUT2D eigenvalue weighted by Crippen LogP contribution is 2.26. The van der Waals surface area contributed by atoms with Crippen molar-refractivity contribution in [2.45, 2.75) is 0 Å². The van der Waals surface area contributed by atoms with Crippen LogP contribution in [0.1, 0.15) is 0 Å². The lowest BCUT2D eigenvalue weighted by Gasteiger charge is -2.07. The zero-order chi connectivity index (χ0) is 13.0. The highest BCUT2D eigenvalue weighted by Gasteiger charge is 2.11. The predicted molar refractivity (Wildman–Crippen MR) is 85.0 cm³/mol. The van der Waals surface area contributed by atoms with Gasteiger partial charge in [-0.2, -0.15) is 0 Å². The summed E-state index contributed by atoms with van der Waals surface area (Å²) in [5.41, 5.74) is 0.631. The molecule has 3 nitrogen and oxygen atoms in total. The van der Waals surface area contributed by atoms with Gasteiger partial charge in [0.25, 0.3) is 0 Å². The maximum atomic E-state index is 11.7. The molecule has 0 atom stereocenters. The van der Waals surface area contributed by atoms with Gasteiger partial charge < -0.3 is 5.32 Å². The van der Waals surface area contributed by atoms with Crippen LogP contribution < -0.4 is 5.32 Å². The molecular weight excluding hydrogens is 356 g/mol. The molecule has 1 amide bonds. The Bertz CT molecular complexity index is 496. The number of halogens is 2. The van der Waals surface area contributed by atoms with E-state index in [2.05, 4.69) is 26.2 Å². The fourth-order valence-corrected chi connectivity index (χ4v) is 3.84. The van der Waals surface area contributed by atoms with E-state index in [0.29, 0.717) is 16.5 Å². The standard InChI is InChI=1S/C11H10BrClN2OS2/c12-7-1-2-9(8(13)5-7)15-10(16)6-18-11-14-3-4-17-11/h1-2,5H,3-4,6H2,(H,15,16). The van der Waals surface area contributed by atoms with Gasteiger partial charge >= 0.3 is 0 Å². The number of hydrogen-bond donors (Lipinski definition) is 1. The average molecular weight is 366 g/mol. The Balaban J connectivity index is 1.86. The van der Waals surface area contributed by atoms with Crippen LogP contribution in [0, 0.1) is 0 Å². The lowest BCUT2D eigenvalue weighted by atomic mass is 10.3. The van der Waals surface area contributed by atoms with E-state index in [4.69, 9.17) is 11.6 Å². The Kier molecular flexibility index (Phi) is 5.41. The molecule has 1 aliphatic rings. The number of thioether (sulfide) groups is 2. The van der Waals surface area contributed by atoms with Crippen molar-refractivity contribution in [3.05, 3.63) is 27.7 Å². The Hall–Kier alpha value is -0.170. The molecule has 96 valence electrons. The zero-order valence-electron chi connectivity index (χ0n) is 9.28. The van der Waals surface area contributed by atoms with Gasteiger partial charge in [-0.25, -0.2) is 0 Å². The van der Waals surface area contributed by atoms with E-state index in [1.807, 2.05) is 6.07 Å². The van der Waals surface area contributed by atoms with Crippen LogP contribution in [0.2, 0.25) is 5.02 Å². The number of hydrogen-bond acceptors (Lipinski definition) is 4. The molecule has 1 N–H and O–H groups in total. The summed E-state index contributed by atoms with van der Waals surface area (Å²) in [5, 5.41) is 3.31. The van der Waals surface area contributed by atoms with E-state index < -0.39 is 0 Å². The van der Waals surface area contributed by atoms with Crippen molar-refractivity contribution in [3.8, 4) is 0 Å². The lowest BCUT2D eigenvalue weighted by molar-refractivity contribution is -0.113. The van der Waals surface area contributed by atoms with Crippen molar-refractivity contribution in [1.29, 1.82) is 0 Å². The summed E-state index contributed by atoms with van der Waals surface area (Å²) in [4.78, 5) is 16.0. The van der Waals surface area contributed by atoms with E-state index in [1.165, 1.54) is 11.8 Å². The minimum Gasteiger partial charge on any atom is -0.324 e. The summed E-state index contributed by atoms with van der Waals surface area (Å²) >= 11 is 12.5. The van der Waals surface area contributed by atoms with Crippen molar-refractivity contribution in [2.75, 3.05) is 23.4 Å². The third-order valence-electron chi connectivity index (χ3n) is 2.09. The summed E-state index contributed by atoms with van der Waals surface area (Å²) < 4.78 is 1.88. The van der Waals surface area contributed by atoms with Gasteiger partial charge in [-0.3, -0.25) is 9.79 Å². The number of anilines is 1. The first kappa shape index (κ1) is 14.2. The second kappa shape index (κ2) is 6.84. The van der Waals surface area contributed by atoms with Crippen LogP contribution in [0.3, 0.4) is 0 Å². The maximum Gasteiger partial charge on any atom is 0.234 e. The quantitative estimate of drug-likeness (QED) is 0.884. The van der Waals surface area contributed by atoms with Gasteiger partial charge in [0.05, 0.1) is 23.0 Å². The number of aliphatic imine (C=N–C) groups is 1. The molecule has 1 heterocycles. The summed E-state index contributed by atoms with van der Waals surface area (Å²) in [6.45, 7) is 0.854. The van der Waals surface area contributed by atoms with Crippen molar-refractivity contribution in [2.24, 2.45) is 4.99 Å². The molecule has 1 aromatic rings. The van der Waals surface area contributed by atoms with Crippen LogP contribution in [-0.4, -0.2) is 28.3 Å². The zero-order valence-corrected chi connectivity index (χ0v) is 13.3. The molecule has 0 fully saturated rings. The van der Waals surface area contributed by atoms with Crippen LogP contribution in [0.15, 0.2) is 27.7 Å². The minimum absolute atomic E-state index is 0.0700. The Morgan fingerprint density at radius 3 is 3.11 bits per heavy atom. The first-order chi connectivity index (χ1) is 8.65. The number of rotatable bonds is 3. The third-order valence-corrected chi connectivity index (χ3v) is 5.15. The maximum absolute atomic E-state index is 11.7. The van der Waals surface area contributed by atoms with E-state index in [1.54, 1.807) is 23.9 Å². The van der Waals surface area contributed by atoms with Gasteiger partial charge in [-0.1, -0.05) is 51.1 Å². The fourth-order valence-electron chi connectivity index (χ4n) is 1.31. The normalized spacial score (nSPS) is 14.4. The second-order valence-electron chi connectivity index (χ2n) is 3.46. The summed E-state index contributed by atoms with van der Waals surface area (Å²) in [7, 11) is 0. The van der Waals surface area contributed by atoms with Crippen LogP contribution in [-0.2, 0) is 4.79 Å². The number of carbonyl (C=O) groups is 1. The molecular formula is C11H10BrClN2OS2. The molecule has 2 rings (SSSR count). The van der Waals surface area contributed by atoms with Gasteiger partial charge in [0.1, 0.15) is 4.38 Å². The molecule has 0 saturated heterocycles. The van der Waals surface area contributed by atoms with Crippen LogP contribution in [0.25, 0.3) is 0 Å². The Morgan fingerprint density at radius 1 is 1.61 bits per heavy atom. The fraction of sp³-hybridized carbons (Fsp3) is 0.273. The predicted octanol–water partition coefficient (Wildman–Crippen LogP) is 3.88. The molecule has 1 aromatic carbocycles. The van der Waals surface area contributed by atoms with Crippen molar-refractivity contribution in [1.82, 2.24) is 0 Å². The largest absolute Gasteiger partial charge is 0.324 e. The van der Waals surface area contributed by atoms with Crippen molar-refractivity contribution in [3.63, 3.8) is 0 Å². The molecule has 7 heteroatoms. The number of amides is 1. The topological polar surface area (TPSA) is 41.5 Å². The summed E-state index contributed by atoms with van der Waals surface area (Å²) in [6.07, 6.45) is 0. The van der Waals surface area contributed by atoms with Gasteiger partial charge in [0.15, 0.2) is 0 Å². The number of benzene rings is 1. The highest BCUT2D eigenvalue weighted by atomic mass is 79.9. The van der Waals surface area contributed by atoms with E-state index in [-0.39, 0.29) is 5.91 Å². The van der Waals surface area contributed by atoms with E-state index >= 15 is 0 Å². The smallest absolute Gasteiger partial charge is 0.234 e. The average Bonchev–Trinajstić information content (AvgIpc) is 2.83.